The van der Waals surface area contributed by atoms with Gasteiger partial charge in [-0.15, -0.1) is 0 Å². The number of aromatic amines is 1. The Morgan fingerprint density at radius 2 is 1.95 bits per heavy atom. The minimum atomic E-state index is -0.241. The van der Waals surface area contributed by atoms with Gasteiger partial charge in [0.25, 0.3) is 5.91 Å². The first-order chi connectivity index (χ1) is 10.1. The van der Waals surface area contributed by atoms with Crippen molar-refractivity contribution in [3.8, 4) is 0 Å². The van der Waals surface area contributed by atoms with Crippen molar-refractivity contribution in [2.75, 3.05) is 7.11 Å². The van der Waals surface area contributed by atoms with E-state index >= 15 is 0 Å². The molecular weight excluding hydrogens is 268 g/mol. The Balaban J connectivity index is 2.02. The zero-order valence-electron chi connectivity index (χ0n) is 12.1. The molecule has 0 fully saturated rings. The number of ketones is 1. The topological polar surface area (TPSA) is 71.2 Å². The molecule has 2 N–H and O–H groups in total. The van der Waals surface area contributed by atoms with Gasteiger partial charge in [0, 0.05) is 25.4 Å². The Labute approximate surface area is 123 Å². The molecule has 0 unspecified atom stereocenters. The Kier molecular flexibility index (Phi) is 4.90. The molecule has 1 aromatic heterocycles. The Morgan fingerprint density at radius 1 is 1.24 bits per heavy atom. The average molecular weight is 286 g/mol. The van der Waals surface area contributed by atoms with E-state index in [4.69, 9.17) is 4.74 Å². The fraction of sp³-hybridized carbons (Fsp3) is 0.250. The minimum absolute atomic E-state index is 0.0734. The fourth-order valence-corrected chi connectivity index (χ4v) is 2.03. The number of amides is 1. The summed E-state index contributed by atoms with van der Waals surface area (Å²) in [5, 5.41) is 2.83. The second kappa shape index (κ2) is 6.85. The molecular formula is C16H18N2O3. The summed E-state index contributed by atoms with van der Waals surface area (Å²) in [5.41, 5.74) is 2.92. The zero-order chi connectivity index (χ0) is 15.2. The van der Waals surface area contributed by atoms with Crippen molar-refractivity contribution in [3.05, 3.63) is 58.9 Å². The van der Waals surface area contributed by atoms with Crippen LogP contribution in [0, 0.1) is 0 Å². The van der Waals surface area contributed by atoms with Gasteiger partial charge in [-0.25, -0.2) is 0 Å². The average Bonchev–Trinajstić information content (AvgIpc) is 2.96. The third-order valence-electron chi connectivity index (χ3n) is 3.19. The number of methoxy groups -OCH3 is 1. The quantitative estimate of drug-likeness (QED) is 0.800. The molecule has 5 nitrogen and oxygen atoms in total. The second-order valence-electron chi connectivity index (χ2n) is 4.74. The molecule has 0 radical (unpaired) electrons. The van der Waals surface area contributed by atoms with Crippen LogP contribution in [0.2, 0.25) is 0 Å². The monoisotopic (exact) mass is 286 g/mol. The number of aromatic nitrogens is 1. The molecule has 2 aromatic rings. The summed E-state index contributed by atoms with van der Waals surface area (Å²) in [6, 6.07) is 9.32. The highest BCUT2D eigenvalue weighted by molar-refractivity contribution is 5.99. The first kappa shape index (κ1) is 15.0. The van der Waals surface area contributed by atoms with Crippen LogP contribution < -0.4 is 5.32 Å². The van der Waals surface area contributed by atoms with Gasteiger partial charge in [-0.1, -0.05) is 24.3 Å². The molecule has 0 saturated heterocycles. The van der Waals surface area contributed by atoms with Crippen LogP contribution in [0.5, 0.6) is 0 Å². The lowest BCUT2D eigenvalue weighted by Crippen LogP contribution is -2.23. The summed E-state index contributed by atoms with van der Waals surface area (Å²) in [7, 11) is 1.64. The molecule has 0 aliphatic heterocycles. The van der Waals surface area contributed by atoms with Gasteiger partial charge in [0.2, 0.25) is 0 Å². The first-order valence-corrected chi connectivity index (χ1v) is 6.65. The molecule has 1 aromatic carbocycles. The van der Waals surface area contributed by atoms with Crippen LogP contribution in [0.15, 0.2) is 36.5 Å². The summed E-state index contributed by atoms with van der Waals surface area (Å²) in [6.07, 6.45) is 1.54. The highest BCUT2D eigenvalue weighted by Crippen LogP contribution is 2.10. The van der Waals surface area contributed by atoms with E-state index in [1.807, 2.05) is 24.3 Å². The highest BCUT2D eigenvalue weighted by Gasteiger charge is 2.11. The van der Waals surface area contributed by atoms with Crippen molar-refractivity contribution in [3.63, 3.8) is 0 Å². The van der Waals surface area contributed by atoms with Crippen LogP contribution in [-0.4, -0.2) is 23.8 Å². The summed E-state index contributed by atoms with van der Waals surface area (Å²) in [6.45, 7) is 2.38. The molecule has 2 rings (SSSR count). The maximum absolute atomic E-state index is 12.0. The number of Topliss-reactive ketones (excluding diaryl/α,β-unsaturated/α-hetero) is 1. The van der Waals surface area contributed by atoms with Gasteiger partial charge in [0.15, 0.2) is 5.78 Å². The van der Waals surface area contributed by atoms with Crippen LogP contribution in [0.25, 0.3) is 0 Å². The molecule has 0 saturated carbocycles. The summed E-state index contributed by atoms with van der Waals surface area (Å²) < 4.78 is 5.13. The lowest BCUT2D eigenvalue weighted by Gasteiger charge is -2.09. The van der Waals surface area contributed by atoms with Gasteiger partial charge in [-0.05, 0) is 24.1 Å². The number of rotatable bonds is 6. The maximum Gasteiger partial charge on any atom is 0.267 e. The van der Waals surface area contributed by atoms with E-state index in [1.54, 1.807) is 13.2 Å². The number of carbonyl (C=O) groups excluding carboxylic acids is 2. The largest absolute Gasteiger partial charge is 0.380 e. The molecule has 1 amide bonds. The lowest BCUT2D eigenvalue weighted by atomic mass is 10.1. The standard InChI is InChI=1S/C16H18N2O3/c1-11(19)14-7-15(17-9-14)16(20)18-8-12-5-3-4-6-13(12)10-21-2/h3-7,9,17H,8,10H2,1-2H3,(H,18,20). The third-order valence-corrected chi connectivity index (χ3v) is 3.19. The number of hydrogen-bond donors (Lipinski definition) is 2. The Hall–Kier alpha value is -2.40. The van der Waals surface area contributed by atoms with E-state index in [-0.39, 0.29) is 11.7 Å². The molecule has 0 aliphatic carbocycles. The first-order valence-electron chi connectivity index (χ1n) is 6.65. The smallest absolute Gasteiger partial charge is 0.267 e. The molecule has 5 heteroatoms. The number of ether oxygens (including phenoxy) is 1. The van der Waals surface area contributed by atoms with Crippen LogP contribution in [0.1, 0.15) is 38.9 Å². The molecule has 0 bridgehead atoms. The van der Waals surface area contributed by atoms with Crippen LogP contribution >= 0.6 is 0 Å². The van der Waals surface area contributed by atoms with Gasteiger partial charge in [0.05, 0.1) is 6.61 Å². The summed E-state index contributed by atoms with van der Waals surface area (Å²) in [4.78, 5) is 26.1. The van der Waals surface area contributed by atoms with Crippen molar-refractivity contribution in [2.24, 2.45) is 0 Å². The van der Waals surface area contributed by atoms with Crippen molar-refractivity contribution in [1.82, 2.24) is 10.3 Å². The Morgan fingerprint density at radius 3 is 2.57 bits per heavy atom. The molecule has 110 valence electrons. The predicted octanol–water partition coefficient (Wildman–Crippen LogP) is 2.29. The van der Waals surface area contributed by atoms with Crippen molar-refractivity contribution >= 4 is 11.7 Å². The normalized spacial score (nSPS) is 10.4. The van der Waals surface area contributed by atoms with Crippen LogP contribution in [0.3, 0.4) is 0 Å². The van der Waals surface area contributed by atoms with E-state index < -0.39 is 0 Å². The lowest BCUT2D eigenvalue weighted by molar-refractivity contribution is 0.0946. The zero-order valence-corrected chi connectivity index (χ0v) is 12.1. The van der Waals surface area contributed by atoms with Crippen LogP contribution in [-0.2, 0) is 17.9 Å². The number of H-pyrrole nitrogens is 1. The molecule has 0 aliphatic rings. The molecule has 0 spiro atoms. The third kappa shape index (κ3) is 3.79. The van der Waals surface area contributed by atoms with Crippen molar-refractivity contribution < 1.29 is 14.3 Å². The molecule has 1 heterocycles. The second-order valence-corrected chi connectivity index (χ2v) is 4.74. The van der Waals surface area contributed by atoms with E-state index in [0.717, 1.165) is 11.1 Å². The number of hydrogen-bond acceptors (Lipinski definition) is 3. The van der Waals surface area contributed by atoms with Gasteiger partial charge < -0.3 is 15.0 Å². The number of carbonyl (C=O) groups is 2. The molecule has 21 heavy (non-hydrogen) atoms. The molecule has 0 atom stereocenters. The van der Waals surface area contributed by atoms with E-state index in [9.17, 15) is 9.59 Å². The van der Waals surface area contributed by atoms with Gasteiger partial charge >= 0.3 is 0 Å². The van der Waals surface area contributed by atoms with Gasteiger partial charge in [-0.3, -0.25) is 9.59 Å². The number of benzene rings is 1. The SMILES string of the molecule is COCc1ccccc1CNC(=O)c1cc(C(C)=O)c[nH]1. The highest BCUT2D eigenvalue weighted by atomic mass is 16.5. The van der Waals surface area contributed by atoms with Crippen molar-refractivity contribution in [2.45, 2.75) is 20.1 Å². The fourth-order valence-electron chi connectivity index (χ4n) is 2.03. The van der Waals surface area contributed by atoms with E-state index in [0.29, 0.717) is 24.4 Å². The summed E-state index contributed by atoms with van der Waals surface area (Å²) >= 11 is 0. The Bertz CT molecular complexity index is 646. The van der Waals surface area contributed by atoms with Gasteiger partial charge in [-0.2, -0.15) is 0 Å². The van der Waals surface area contributed by atoms with E-state index in [2.05, 4.69) is 10.3 Å². The van der Waals surface area contributed by atoms with E-state index in [1.165, 1.54) is 13.1 Å². The predicted molar refractivity (Wildman–Crippen MR) is 79.1 cm³/mol. The number of nitrogens with one attached hydrogen (secondary N) is 2. The minimum Gasteiger partial charge on any atom is -0.380 e. The van der Waals surface area contributed by atoms with Crippen LogP contribution in [0.4, 0.5) is 0 Å². The van der Waals surface area contributed by atoms with Crippen molar-refractivity contribution in [1.29, 1.82) is 0 Å². The van der Waals surface area contributed by atoms with Gasteiger partial charge in [0.1, 0.15) is 5.69 Å². The maximum atomic E-state index is 12.0. The summed E-state index contributed by atoms with van der Waals surface area (Å²) in [5.74, 6) is -0.314.